The van der Waals surface area contributed by atoms with Gasteiger partial charge in [0.05, 0.1) is 46.2 Å². The number of hydrogen-bond donors (Lipinski definition) is 21. The number of ether oxygens (including phenoxy) is 10. The molecule has 5 saturated heterocycles. The largest absolute Gasteiger partial charge is 0.394 e. The molecule has 73 heavy (non-hydrogen) atoms. The smallest absolute Gasteiger partial charge is 0.217 e. The number of nitrogens with one attached hydrogen (secondary N) is 2. The molecule has 0 aromatic rings. The number of carbonyl (C=O) groups is 2. The Bertz CT molecular complexity index is 1700. The second-order valence-electron chi connectivity index (χ2n) is 18.0. The highest BCUT2D eigenvalue weighted by Crippen LogP contribution is 2.36. The standard InChI is InChI=1S/C40H70N2O31/c1-10(50)41-19-25(58)32(70-38-28(61)27(60)22(55)14(5-45)64-38)17(8-48)67-36(19)73-35-24(57)16(7-47)66-40(30(35)63)71-33-18(9-49)68-37(20(26(33)59)42-11(2)51)72-34-23(56)15(6-46)65-39(29(34)62)69-31(13(53)4-44)21(54)12(52)3-43/h12-40,43-49,52-63H,3-9H2,1-2H3,(H,41,50)(H,42,51)/t12-,13+,14+,15+,16+,17+,18+,19+,20+,21+,22-,23-,24-,25+,26+,27-,28+,29+,30+,31+,32+,33+,34-,35-,36-,37-,38-,39-,40-/m0/s1. The predicted octanol–water partition coefficient (Wildman–Crippen LogP) is -14.2. The van der Waals surface area contributed by atoms with E-state index in [9.17, 15) is 107 Å². The number of hydrogen-bond acceptors (Lipinski definition) is 31. The fraction of sp³-hybridized carbons (Fsp3) is 0.950. The van der Waals surface area contributed by atoms with Crippen molar-refractivity contribution in [1.29, 1.82) is 0 Å². The van der Waals surface area contributed by atoms with E-state index in [4.69, 9.17) is 47.4 Å². The SMILES string of the molecule is CC(=O)N[C@H]1[C@H](O[C@H]2[C@@H](O)[C@@H](CO)O[C@@H](O[C@H]3[C@H](O)[C@@H](NC(C)=O)[C@H](O[C@H]4[C@@H](O)[C@@H](CO)O[C@@H](O[C@@H]([C@H](O)[C@@H](O)CO)[C@H](O)CO)[C@@H]4O)O[C@@H]3CO)[C@@H]2O)O[C@H](CO)[C@@H](O[C@@H]2O[C@H](CO)[C@H](O)[C@H](O)[C@H]2O)[C@@H]1O. The third-order valence-electron chi connectivity index (χ3n) is 12.9. The lowest BCUT2D eigenvalue weighted by Crippen LogP contribution is -2.70. The van der Waals surface area contributed by atoms with Gasteiger partial charge in [-0.05, 0) is 0 Å². The molecule has 5 heterocycles. The summed E-state index contributed by atoms with van der Waals surface area (Å²) in [5.41, 5.74) is 0. The molecule has 33 nitrogen and oxygen atoms in total. The van der Waals surface area contributed by atoms with Crippen molar-refractivity contribution in [3.05, 3.63) is 0 Å². The summed E-state index contributed by atoms with van der Waals surface area (Å²) in [4.78, 5) is 25.0. The topological polar surface area (TPSA) is 535 Å². The lowest BCUT2D eigenvalue weighted by atomic mass is 9.94. The summed E-state index contributed by atoms with van der Waals surface area (Å²) in [6.07, 6.45) is -52.4. The average Bonchev–Trinajstić information content (AvgIpc) is 3.36. The first kappa shape index (κ1) is 61.6. The quantitative estimate of drug-likeness (QED) is 0.0479. The van der Waals surface area contributed by atoms with Crippen LogP contribution in [-0.2, 0) is 57.0 Å². The zero-order chi connectivity index (χ0) is 54.3. The Morgan fingerprint density at radius 2 is 0.753 bits per heavy atom. The van der Waals surface area contributed by atoms with Gasteiger partial charge in [-0.1, -0.05) is 0 Å². The minimum atomic E-state index is -2.23. The Morgan fingerprint density at radius 1 is 0.411 bits per heavy atom. The van der Waals surface area contributed by atoms with Gasteiger partial charge < -0.3 is 155 Å². The third-order valence-corrected chi connectivity index (χ3v) is 12.9. The summed E-state index contributed by atoms with van der Waals surface area (Å²) in [5.74, 6) is -1.71. The van der Waals surface area contributed by atoms with E-state index in [1.54, 1.807) is 0 Å². The molecule has 0 bridgehead atoms. The molecule has 0 aromatic heterocycles. The number of carbonyl (C=O) groups excluding carboxylic acids is 2. The first-order valence-electron chi connectivity index (χ1n) is 23.0. The molecule has 0 aliphatic carbocycles. The van der Waals surface area contributed by atoms with Crippen LogP contribution in [0.2, 0.25) is 0 Å². The van der Waals surface area contributed by atoms with E-state index in [1.165, 1.54) is 0 Å². The molecule has 33 heteroatoms. The van der Waals surface area contributed by atoms with Crippen LogP contribution in [0.15, 0.2) is 0 Å². The van der Waals surface area contributed by atoms with Crippen LogP contribution in [0.1, 0.15) is 13.8 Å². The van der Waals surface area contributed by atoms with Crippen molar-refractivity contribution in [2.24, 2.45) is 0 Å². The van der Waals surface area contributed by atoms with E-state index < -0.39 is 236 Å². The van der Waals surface area contributed by atoms with Crippen molar-refractivity contribution >= 4 is 11.8 Å². The summed E-state index contributed by atoms with van der Waals surface area (Å²) in [7, 11) is 0. The molecule has 5 aliphatic rings. The van der Waals surface area contributed by atoms with Crippen molar-refractivity contribution in [3.63, 3.8) is 0 Å². The lowest BCUT2D eigenvalue weighted by molar-refractivity contribution is -0.384. The molecule has 0 saturated carbocycles. The zero-order valence-electron chi connectivity index (χ0n) is 39.1. The van der Waals surface area contributed by atoms with Gasteiger partial charge in [-0.2, -0.15) is 0 Å². The highest BCUT2D eigenvalue weighted by atomic mass is 16.8. The van der Waals surface area contributed by atoms with Gasteiger partial charge in [-0.3, -0.25) is 9.59 Å². The maximum Gasteiger partial charge on any atom is 0.217 e. The number of amides is 2. The fourth-order valence-corrected chi connectivity index (χ4v) is 8.92. The Hall–Kier alpha value is -2.22. The van der Waals surface area contributed by atoms with Crippen LogP contribution in [0, 0.1) is 0 Å². The van der Waals surface area contributed by atoms with Crippen LogP contribution >= 0.6 is 0 Å². The van der Waals surface area contributed by atoms with Gasteiger partial charge in [0, 0.05) is 13.8 Å². The molecule has 2 amide bonds. The van der Waals surface area contributed by atoms with Crippen LogP contribution in [0.5, 0.6) is 0 Å². The minimum absolute atomic E-state index is 0.835. The Morgan fingerprint density at radius 3 is 1.14 bits per heavy atom. The summed E-state index contributed by atoms with van der Waals surface area (Å²) in [6.45, 7) is -5.16. The Balaban J connectivity index is 1.37. The molecule has 21 N–H and O–H groups in total. The van der Waals surface area contributed by atoms with Gasteiger partial charge in [0.15, 0.2) is 31.5 Å². The van der Waals surface area contributed by atoms with Crippen molar-refractivity contribution < 1.29 is 154 Å². The molecular formula is C40H70N2O31. The van der Waals surface area contributed by atoms with Gasteiger partial charge in [-0.15, -0.1) is 0 Å². The van der Waals surface area contributed by atoms with Crippen LogP contribution in [0.3, 0.4) is 0 Å². The van der Waals surface area contributed by atoms with Crippen LogP contribution in [0.25, 0.3) is 0 Å². The van der Waals surface area contributed by atoms with E-state index in [-0.39, 0.29) is 0 Å². The monoisotopic (exact) mass is 1070 g/mol. The predicted molar refractivity (Wildman–Crippen MR) is 225 cm³/mol. The van der Waals surface area contributed by atoms with E-state index in [2.05, 4.69) is 10.6 Å². The van der Waals surface area contributed by atoms with E-state index in [0.29, 0.717) is 0 Å². The van der Waals surface area contributed by atoms with E-state index in [0.717, 1.165) is 13.8 Å². The summed E-state index contributed by atoms with van der Waals surface area (Å²) in [6, 6.07) is -3.56. The molecule has 0 aromatic carbocycles. The van der Waals surface area contributed by atoms with Crippen LogP contribution in [0.4, 0.5) is 0 Å². The van der Waals surface area contributed by atoms with Gasteiger partial charge in [0.1, 0.15) is 146 Å². The second-order valence-corrected chi connectivity index (χ2v) is 18.0. The Labute approximate surface area is 414 Å². The molecule has 29 atom stereocenters. The maximum absolute atomic E-state index is 12.6. The molecule has 426 valence electrons. The zero-order valence-corrected chi connectivity index (χ0v) is 39.1. The van der Waals surface area contributed by atoms with Crippen molar-refractivity contribution in [1.82, 2.24) is 10.6 Å². The summed E-state index contributed by atoms with van der Waals surface area (Å²) >= 11 is 0. The van der Waals surface area contributed by atoms with Gasteiger partial charge in [0.25, 0.3) is 0 Å². The highest BCUT2D eigenvalue weighted by molar-refractivity contribution is 5.73. The number of aliphatic hydroxyl groups excluding tert-OH is 19. The number of aliphatic hydroxyl groups is 19. The maximum atomic E-state index is 12.6. The van der Waals surface area contributed by atoms with Crippen molar-refractivity contribution in [3.8, 4) is 0 Å². The van der Waals surface area contributed by atoms with Crippen LogP contribution < -0.4 is 10.6 Å². The molecule has 5 rings (SSSR count). The molecule has 5 aliphatic heterocycles. The highest BCUT2D eigenvalue weighted by Gasteiger charge is 2.57. The number of rotatable bonds is 22. The molecule has 0 spiro atoms. The van der Waals surface area contributed by atoms with Gasteiger partial charge >= 0.3 is 0 Å². The Kier molecular flexibility index (Phi) is 23.1. The molecular weight excluding hydrogens is 1000 g/mol. The molecule has 5 fully saturated rings. The minimum Gasteiger partial charge on any atom is -0.394 e. The molecule has 0 radical (unpaired) electrons. The second kappa shape index (κ2) is 27.4. The van der Waals surface area contributed by atoms with E-state index in [1.807, 2.05) is 0 Å². The summed E-state index contributed by atoms with van der Waals surface area (Å²) < 4.78 is 57.0. The van der Waals surface area contributed by atoms with Crippen molar-refractivity contribution in [2.45, 2.75) is 192 Å². The first-order chi connectivity index (χ1) is 34.5. The van der Waals surface area contributed by atoms with Gasteiger partial charge in [-0.25, -0.2) is 0 Å². The van der Waals surface area contributed by atoms with E-state index >= 15 is 0 Å². The fourth-order valence-electron chi connectivity index (χ4n) is 8.92. The normalized spacial score (nSPS) is 45.2. The average molecular weight is 1070 g/mol. The first-order valence-corrected chi connectivity index (χ1v) is 23.0. The summed E-state index contributed by atoms with van der Waals surface area (Å²) in [5, 5.41) is 205. The van der Waals surface area contributed by atoms with Crippen molar-refractivity contribution in [2.75, 3.05) is 46.2 Å². The van der Waals surface area contributed by atoms with Crippen LogP contribution in [-0.4, -0.2) is 333 Å². The lowest BCUT2D eigenvalue weighted by Gasteiger charge is -2.50. The van der Waals surface area contributed by atoms with Gasteiger partial charge in [0.2, 0.25) is 11.8 Å². The third kappa shape index (κ3) is 13.9. The molecule has 0 unspecified atom stereocenters.